The monoisotopic (exact) mass is 325 g/mol. The van der Waals surface area contributed by atoms with E-state index in [1.165, 1.54) is 18.2 Å². The largest absolute Gasteiger partial charge is 0.383 e. The van der Waals surface area contributed by atoms with E-state index < -0.39 is 11.6 Å². The van der Waals surface area contributed by atoms with Gasteiger partial charge in [-0.05, 0) is 24.3 Å². The average molecular weight is 325 g/mol. The van der Waals surface area contributed by atoms with E-state index in [2.05, 4.69) is 9.97 Å². The summed E-state index contributed by atoms with van der Waals surface area (Å²) in [7, 11) is 1.80. The third kappa shape index (κ3) is 1.91. The molecule has 4 aromatic rings. The highest BCUT2D eigenvalue weighted by Crippen LogP contribution is 2.38. The fraction of sp³-hybridized carbons (Fsp3) is 0.0588. The SMILES string of the molecule is Cn1ccc2c3c(N)nc(N)nc3cc(-c3c(F)cccc3F)c21. The van der Waals surface area contributed by atoms with Gasteiger partial charge in [0.1, 0.15) is 17.5 Å². The van der Waals surface area contributed by atoms with Gasteiger partial charge >= 0.3 is 0 Å². The summed E-state index contributed by atoms with van der Waals surface area (Å²) in [4.78, 5) is 8.16. The highest BCUT2D eigenvalue weighted by atomic mass is 19.1. The molecule has 0 aliphatic heterocycles. The van der Waals surface area contributed by atoms with Crippen LogP contribution in [0.25, 0.3) is 32.9 Å². The van der Waals surface area contributed by atoms with Crippen LogP contribution in [0, 0.1) is 11.6 Å². The molecule has 0 bridgehead atoms. The van der Waals surface area contributed by atoms with Crippen molar-refractivity contribution >= 4 is 33.6 Å². The summed E-state index contributed by atoms with van der Waals surface area (Å²) in [5.74, 6) is -1.05. The first-order valence-corrected chi connectivity index (χ1v) is 7.22. The number of anilines is 2. The summed E-state index contributed by atoms with van der Waals surface area (Å²) < 4.78 is 30.4. The van der Waals surface area contributed by atoms with E-state index in [9.17, 15) is 8.78 Å². The Bertz CT molecular complexity index is 1100. The summed E-state index contributed by atoms with van der Waals surface area (Å²) in [6.07, 6.45) is 1.79. The summed E-state index contributed by atoms with van der Waals surface area (Å²) >= 11 is 0. The Kier molecular flexibility index (Phi) is 2.93. The minimum atomic E-state index is -0.646. The van der Waals surface area contributed by atoms with E-state index >= 15 is 0 Å². The van der Waals surface area contributed by atoms with Crippen LogP contribution in [0.2, 0.25) is 0 Å². The molecule has 0 fully saturated rings. The molecule has 120 valence electrons. The van der Waals surface area contributed by atoms with Gasteiger partial charge in [-0.1, -0.05) is 6.07 Å². The minimum Gasteiger partial charge on any atom is -0.383 e. The zero-order valence-corrected chi connectivity index (χ0v) is 12.7. The van der Waals surface area contributed by atoms with E-state index in [0.717, 1.165) is 0 Å². The van der Waals surface area contributed by atoms with Gasteiger partial charge in [0, 0.05) is 24.2 Å². The van der Waals surface area contributed by atoms with Crippen molar-refractivity contribution in [1.29, 1.82) is 0 Å². The fourth-order valence-electron chi connectivity index (χ4n) is 3.11. The molecule has 2 heterocycles. The van der Waals surface area contributed by atoms with Gasteiger partial charge in [0.2, 0.25) is 5.95 Å². The highest BCUT2D eigenvalue weighted by molar-refractivity contribution is 6.15. The topological polar surface area (TPSA) is 82.8 Å². The van der Waals surface area contributed by atoms with Gasteiger partial charge in [0.25, 0.3) is 0 Å². The lowest BCUT2D eigenvalue weighted by atomic mass is 9.99. The molecule has 0 unspecified atom stereocenters. The Labute approximate surface area is 135 Å². The number of benzene rings is 2. The number of hydrogen-bond donors (Lipinski definition) is 2. The summed E-state index contributed by atoms with van der Waals surface area (Å²) in [5, 5.41) is 1.32. The predicted molar refractivity (Wildman–Crippen MR) is 90.2 cm³/mol. The van der Waals surface area contributed by atoms with Crippen LogP contribution in [0.15, 0.2) is 36.5 Å². The van der Waals surface area contributed by atoms with Crippen molar-refractivity contribution in [3.05, 3.63) is 48.2 Å². The first-order chi connectivity index (χ1) is 11.5. The summed E-state index contributed by atoms with van der Waals surface area (Å²) in [6.45, 7) is 0. The molecule has 0 aliphatic carbocycles. The van der Waals surface area contributed by atoms with Crippen molar-refractivity contribution in [3.63, 3.8) is 0 Å². The Balaban J connectivity index is 2.25. The molecule has 0 saturated carbocycles. The van der Waals surface area contributed by atoms with Gasteiger partial charge in [-0.15, -0.1) is 0 Å². The van der Waals surface area contributed by atoms with Gasteiger partial charge in [-0.3, -0.25) is 0 Å². The molecule has 7 heteroatoms. The van der Waals surface area contributed by atoms with Crippen LogP contribution >= 0.6 is 0 Å². The lowest BCUT2D eigenvalue weighted by molar-refractivity contribution is 0.590. The maximum absolute atomic E-state index is 14.3. The average Bonchev–Trinajstić information content (AvgIpc) is 2.88. The number of halogens is 2. The van der Waals surface area contributed by atoms with Gasteiger partial charge in [-0.25, -0.2) is 13.8 Å². The number of aryl methyl sites for hydroxylation is 1. The van der Waals surface area contributed by atoms with Crippen molar-refractivity contribution in [3.8, 4) is 11.1 Å². The molecule has 0 aliphatic rings. The Morgan fingerprint density at radius 3 is 2.46 bits per heavy atom. The molecule has 0 atom stereocenters. The van der Waals surface area contributed by atoms with Crippen molar-refractivity contribution in [1.82, 2.24) is 14.5 Å². The van der Waals surface area contributed by atoms with Crippen LogP contribution in [0.4, 0.5) is 20.5 Å². The van der Waals surface area contributed by atoms with Gasteiger partial charge in [-0.2, -0.15) is 4.98 Å². The van der Waals surface area contributed by atoms with Crippen molar-refractivity contribution in [2.45, 2.75) is 0 Å². The van der Waals surface area contributed by atoms with Crippen LogP contribution in [-0.2, 0) is 7.05 Å². The van der Waals surface area contributed by atoms with Crippen molar-refractivity contribution in [2.24, 2.45) is 7.05 Å². The normalized spacial score (nSPS) is 11.5. The van der Waals surface area contributed by atoms with Crippen LogP contribution in [-0.4, -0.2) is 14.5 Å². The highest BCUT2D eigenvalue weighted by Gasteiger charge is 2.19. The second-order valence-corrected chi connectivity index (χ2v) is 5.57. The molecule has 0 saturated heterocycles. The van der Waals surface area contributed by atoms with Crippen molar-refractivity contribution < 1.29 is 8.78 Å². The Morgan fingerprint density at radius 1 is 1.04 bits per heavy atom. The molecule has 0 spiro atoms. The van der Waals surface area contributed by atoms with Crippen LogP contribution in [0.5, 0.6) is 0 Å². The Hall–Kier alpha value is -3.22. The quantitative estimate of drug-likeness (QED) is 0.563. The van der Waals surface area contributed by atoms with Gasteiger partial charge in [0.05, 0.1) is 22.0 Å². The molecule has 0 amide bonds. The Morgan fingerprint density at radius 2 is 1.75 bits per heavy atom. The smallest absolute Gasteiger partial charge is 0.222 e. The molecule has 4 N–H and O–H groups in total. The third-order valence-electron chi connectivity index (χ3n) is 4.09. The standard InChI is InChI=1S/C17H13F2N5/c1-24-6-5-8-14-12(22-17(21)23-16(14)20)7-9(15(8)24)13-10(18)3-2-4-11(13)19/h2-7H,1H3,(H4,20,21,22,23). The van der Waals surface area contributed by atoms with Crippen LogP contribution in [0.1, 0.15) is 0 Å². The number of nitrogens with zero attached hydrogens (tertiary/aromatic N) is 3. The van der Waals surface area contributed by atoms with Crippen LogP contribution < -0.4 is 11.5 Å². The molecule has 24 heavy (non-hydrogen) atoms. The maximum atomic E-state index is 14.3. The van der Waals surface area contributed by atoms with E-state index in [1.54, 1.807) is 23.9 Å². The number of aromatic nitrogens is 3. The predicted octanol–water partition coefficient (Wildman–Crippen LogP) is 3.23. The van der Waals surface area contributed by atoms with E-state index in [4.69, 9.17) is 11.5 Å². The maximum Gasteiger partial charge on any atom is 0.222 e. The third-order valence-corrected chi connectivity index (χ3v) is 4.09. The number of hydrogen-bond acceptors (Lipinski definition) is 4. The molecular weight excluding hydrogens is 312 g/mol. The zero-order valence-electron chi connectivity index (χ0n) is 12.7. The summed E-state index contributed by atoms with van der Waals surface area (Å²) in [5.41, 5.74) is 13.0. The number of nitrogen functional groups attached to an aromatic ring is 2. The number of rotatable bonds is 1. The summed E-state index contributed by atoms with van der Waals surface area (Å²) in [6, 6.07) is 7.18. The zero-order chi connectivity index (χ0) is 17.0. The minimum absolute atomic E-state index is 0.00948. The second kappa shape index (κ2) is 4.89. The van der Waals surface area contributed by atoms with Gasteiger partial charge < -0.3 is 16.0 Å². The van der Waals surface area contributed by atoms with E-state index in [1.807, 2.05) is 6.07 Å². The van der Waals surface area contributed by atoms with E-state index in [0.29, 0.717) is 27.4 Å². The van der Waals surface area contributed by atoms with Gasteiger partial charge in [0.15, 0.2) is 0 Å². The van der Waals surface area contributed by atoms with Crippen LogP contribution in [0.3, 0.4) is 0 Å². The molecule has 5 nitrogen and oxygen atoms in total. The lowest BCUT2D eigenvalue weighted by Crippen LogP contribution is -2.02. The van der Waals surface area contributed by atoms with Crippen molar-refractivity contribution in [2.75, 3.05) is 11.5 Å². The molecular formula is C17H13F2N5. The molecule has 4 rings (SSSR count). The first-order valence-electron chi connectivity index (χ1n) is 7.22. The molecule has 2 aromatic heterocycles. The molecule has 0 radical (unpaired) electrons. The fourth-order valence-corrected chi connectivity index (χ4v) is 3.11. The number of nitrogens with two attached hydrogens (primary N) is 2. The number of fused-ring (bicyclic) bond motifs is 3. The second-order valence-electron chi connectivity index (χ2n) is 5.57. The van der Waals surface area contributed by atoms with E-state index in [-0.39, 0.29) is 17.3 Å². The molecule has 2 aromatic carbocycles. The first kappa shape index (κ1) is 14.4. The lowest BCUT2D eigenvalue weighted by Gasteiger charge is -2.12.